The highest BCUT2D eigenvalue weighted by atomic mass is 32.1. The molecule has 138 valence electrons. The molecule has 2 rings (SSSR count). The van der Waals surface area contributed by atoms with Crippen LogP contribution in [-0.2, 0) is 22.6 Å². The molecule has 0 saturated heterocycles. The molecular weight excluding hydrogens is 334 g/mol. The van der Waals surface area contributed by atoms with Crippen molar-refractivity contribution in [2.24, 2.45) is 0 Å². The van der Waals surface area contributed by atoms with Gasteiger partial charge >= 0.3 is 0 Å². The normalized spacial score (nSPS) is 12.6. The second kappa shape index (κ2) is 11.4. The van der Waals surface area contributed by atoms with Gasteiger partial charge in [-0.25, -0.2) is 0 Å². The summed E-state index contributed by atoms with van der Waals surface area (Å²) in [5, 5.41) is 10.3. The molecule has 0 aliphatic rings. The van der Waals surface area contributed by atoms with E-state index in [-0.39, 0.29) is 0 Å². The number of benzene rings is 1. The van der Waals surface area contributed by atoms with E-state index in [0.29, 0.717) is 19.8 Å². The lowest BCUT2D eigenvalue weighted by molar-refractivity contribution is 0.00754. The van der Waals surface area contributed by atoms with Gasteiger partial charge in [0.2, 0.25) is 0 Å². The average molecular weight is 364 g/mol. The Morgan fingerprint density at radius 2 is 1.96 bits per heavy atom. The first kappa shape index (κ1) is 20.1. The van der Waals surface area contributed by atoms with Crippen molar-refractivity contribution in [2.45, 2.75) is 32.6 Å². The molecule has 0 bridgehead atoms. The van der Waals surface area contributed by atoms with Crippen molar-refractivity contribution in [1.82, 2.24) is 4.90 Å². The van der Waals surface area contributed by atoms with E-state index >= 15 is 0 Å². The van der Waals surface area contributed by atoms with Crippen LogP contribution in [0, 0.1) is 6.92 Å². The molecule has 0 amide bonds. The van der Waals surface area contributed by atoms with Crippen LogP contribution < -0.4 is 0 Å². The van der Waals surface area contributed by atoms with Gasteiger partial charge in [-0.05, 0) is 31.0 Å². The van der Waals surface area contributed by atoms with Crippen molar-refractivity contribution in [3.8, 4) is 0 Å². The summed E-state index contributed by atoms with van der Waals surface area (Å²) in [6, 6.07) is 14.4. The third-order valence-electron chi connectivity index (χ3n) is 3.89. The maximum Gasteiger partial charge on any atom is 0.0900 e. The SMILES string of the molecule is COCCCN(Cc1ccc(C)s1)C[C@H](O)COCc1ccccc1. The van der Waals surface area contributed by atoms with Crippen molar-refractivity contribution in [2.75, 3.05) is 33.4 Å². The molecule has 0 radical (unpaired) electrons. The number of aliphatic hydroxyl groups is 1. The Bertz CT molecular complexity index is 588. The molecule has 0 aliphatic carbocycles. The Morgan fingerprint density at radius 3 is 2.64 bits per heavy atom. The molecule has 2 aromatic rings. The average Bonchev–Trinajstić information content (AvgIpc) is 3.01. The second-order valence-electron chi connectivity index (χ2n) is 6.25. The highest BCUT2D eigenvalue weighted by molar-refractivity contribution is 7.11. The summed E-state index contributed by atoms with van der Waals surface area (Å²) < 4.78 is 10.8. The molecule has 25 heavy (non-hydrogen) atoms. The van der Waals surface area contributed by atoms with Gasteiger partial charge in [0, 0.05) is 43.1 Å². The third-order valence-corrected chi connectivity index (χ3v) is 4.87. The predicted molar refractivity (Wildman–Crippen MR) is 103 cm³/mol. The Balaban J connectivity index is 1.77. The number of methoxy groups -OCH3 is 1. The largest absolute Gasteiger partial charge is 0.389 e. The minimum Gasteiger partial charge on any atom is -0.389 e. The van der Waals surface area contributed by atoms with E-state index in [1.807, 2.05) is 41.7 Å². The quantitative estimate of drug-likeness (QED) is 0.586. The maximum atomic E-state index is 10.3. The molecule has 1 aromatic heterocycles. The number of nitrogens with zero attached hydrogens (tertiary/aromatic N) is 1. The Hall–Kier alpha value is -1.24. The fourth-order valence-electron chi connectivity index (χ4n) is 2.70. The van der Waals surface area contributed by atoms with E-state index < -0.39 is 6.10 Å². The van der Waals surface area contributed by atoms with Crippen molar-refractivity contribution >= 4 is 11.3 Å². The smallest absolute Gasteiger partial charge is 0.0900 e. The van der Waals surface area contributed by atoms with Crippen molar-refractivity contribution in [3.63, 3.8) is 0 Å². The molecule has 1 N–H and O–H groups in total. The molecule has 1 aromatic carbocycles. The lowest BCUT2D eigenvalue weighted by atomic mass is 10.2. The number of aliphatic hydroxyl groups excluding tert-OH is 1. The lowest BCUT2D eigenvalue weighted by Crippen LogP contribution is -2.35. The molecule has 1 atom stereocenters. The monoisotopic (exact) mass is 363 g/mol. The van der Waals surface area contributed by atoms with Gasteiger partial charge in [-0.15, -0.1) is 11.3 Å². The fourth-order valence-corrected chi connectivity index (χ4v) is 3.63. The van der Waals surface area contributed by atoms with Crippen LogP contribution in [0.2, 0.25) is 0 Å². The van der Waals surface area contributed by atoms with Gasteiger partial charge < -0.3 is 14.6 Å². The fraction of sp³-hybridized carbons (Fsp3) is 0.500. The number of thiophene rings is 1. The zero-order valence-corrected chi connectivity index (χ0v) is 16.0. The van der Waals surface area contributed by atoms with Gasteiger partial charge in [0.05, 0.1) is 19.3 Å². The van der Waals surface area contributed by atoms with Crippen molar-refractivity contribution in [1.29, 1.82) is 0 Å². The van der Waals surface area contributed by atoms with Crippen LogP contribution in [0.1, 0.15) is 21.7 Å². The van der Waals surface area contributed by atoms with E-state index in [2.05, 4.69) is 24.0 Å². The third kappa shape index (κ3) is 8.12. The van der Waals surface area contributed by atoms with Crippen LogP contribution in [-0.4, -0.2) is 49.5 Å². The molecule has 0 aliphatic heterocycles. The first-order valence-corrected chi connectivity index (χ1v) is 9.55. The molecular formula is C20H29NO3S. The van der Waals surface area contributed by atoms with Crippen LogP contribution in [0.25, 0.3) is 0 Å². The van der Waals surface area contributed by atoms with Crippen LogP contribution >= 0.6 is 11.3 Å². The first-order valence-electron chi connectivity index (χ1n) is 8.73. The molecule has 1 heterocycles. The van der Waals surface area contributed by atoms with Gasteiger partial charge in [-0.1, -0.05) is 30.3 Å². The predicted octanol–water partition coefficient (Wildman–Crippen LogP) is 3.47. The minimum atomic E-state index is -0.493. The molecule has 0 spiro atoms. The summed E-state index contributed by atoms with van der Waals surface area (Å²) in [6.07, 6.45) is 0.464. The minimum absolute atomic E-state index is 0.346. The summed E-state index contributed by atoms with van der Waals surface area (Å²) in [5.74, 6) is 0. The van der Waals surface area contributed by atoms with Gasteiger partial charge in [0.25, 0.3) is 0 Å². The summed E-state index contributed by atoms with van der Waals surface area (Å²) in [4.78, 5) is 4.92. The zero-order chi connectivity index (χ0) is 17.9. The standard InChI is InChI=1S/C20H29NO3S/c1-17-9-10-20(25-17)14-21(11-6-12-23-2)13-19(22)16-24-15-18-7-4-3-5-8-18/h3-5,7-10,19,22H,6,11-16H2,1-2H3/t19-/m0/s1. The van der Waals surface area contributed by atoms with Gasteiger partial charge in [0.15, 0.2) is 0 Å². The van der Waals surface area contributed by atoms with Gasteiger partial charge in [-0.3, -0.25) is 4.90 Å². The summed E-state index contributed by atoms with van der Waals surface area (Å²) in [7, 11) is 1.72. The van der Waals surface area contributed by atoms with Crippen LogP contribution in [0.4, 0.5) is 0 Å². The van der Waals surface area contributed by atoms with Gasteiger partial charge in [0.1, 0.15) is 0 Å². The highest BCUT2D eigenvalue weighted by Crippen LogP contribution is 2.17. The Labute approximate surface area is 155 Å². The van der Waals surface area contributed by atoms with Crippen LogP contribution in [0.15, 0.2) is 42.5 Å². The van der Waals surface area contributed by atoms with E-state index in [0.717, 1.165) is 31.7 Å². The molecule has 0 unspecified atom stereocenters. The van der Waals surface area contributed by atoms with Crippen molar-refractivity contribution < 1.29 is 14.6 Å². The van der Waals surface area contributed by atoms with E-state index in [4.69, 9.17) is 9.47 Å². The van der Waals surface area contributed by atoms with Crippen molar-refractivity contribution in [3.05, 3.63) is 57.8 Å². The highest BCUT2D eigenvalue weighted by Gasteiger charge is 2.13. The Morgan fingerprint density at radius 1 is 1.16 bits per heavy atom. The zero-order valence-electron chi connectivity index (χ0n) is 15.2. The number of rotatable bonds is 12. The number of hydrogen-bond donors (Lipinski definition) is 1. The number of hydrogen-bond acceptors (Lipinski definition) is 5. The topological polar surface area (TPSA) is 41.9 Å². The van der Waals surface area contributed by atoms with E-state index in [9.17, 15) is 5.11 Å². The molecule has 5 heteroatoms. The molecule has 0 saturated carbocycles. The summed E-state index contributed by atoms with van der Waals surface area (Å²) >= 11 is 1.81. The van der Waals surface area contributed by atoms with E-state index in [1.54, 1.807) is 7.11 Å². The van der Waals surface area contributed by atoms with Gasteiger partial charge in [-0.2, -0.15) is 0 Å². The number of ether oxygens (including phenoxy) is 2. The Kier molecular flexibility index (Phi) is 9.15. The summed E-state index contributed by atoms with van der Waals surface area (Å²) in [6.45, 7) is 6.11. The second-order valence-corrected chi connectivity index (χ2v) is 7.62. The first-order chi connectivity index (χ1) is 12.2. The maximum absolute atomic E-state index is 10.3. The summed E-state index contributed by atoms with van der Waals surface area (Å²) in [5.41, 5.74) is 1.13. The number of aryl methyl sites for hydroxylation is 1. The van der Waals surface area contributed by atoms with Crippen LogP contribution in [0.5, 0.6) is 0 Å². The molecule has 0 fully saturated rings. The lowest BCUT2D eigenvalue weighted by Gasteiger charge is -2.24. The molecule has 4 nitrogen and oxygen atoms in total. The van der Waals surface area contributed by atoms with E-state index in [1.165, 1.54) is 9.75 Å². The van der Waals surface area contributed by atoms with Crippen LogP contribution in [0.3, 0.4) is 0 Å².